The smallest absolute Gasteiger partial charge is 0.106 e. The second kappa shape index (κ2) is 3.34. The molecule has 1 N–H and O–H groups in total. The molecule has 80 valence electrons. The van der Waals surface area contributed by atoms with Crippen molar-refractivity contribution in [3.63, 3.8) is 0 Å². The van der Waals surface area contributed by atoms with E-state index in [2.05, 4.69) is 54.1 Å². The molecule has 3 rings (SSSR count). The molecule has 0 saturated heterocycles. The molecule has 0 amide bonds. The molecule has 0 saturated carbocycles. The molecule has 0 radical (unpaired) electrons. The van der Waals surface area contributed by atoms with Crippen LogP contribution in [-0.4, -0.2) is 9.97 Å². The molecule has 0 fully saturated rings. The fraction of sp³-hybridized carbons (Fsp3) is 0.214. The number of nitrogens with zero attached hydrogens (tertiary/aromatic N) is 1. The number of nitrogens with one attached hydrogen (secondary N) is 1. The number of fused-ring (bicyclic) bond motifs is 3. The number of rotatable bonds is 1. The van der Waals surface area contributed by atoms with Crippen LogP contribution in [0.4, 0.5) is 0 Å². The van der Waals surface area contributed by atoms with Gasteiger partial charge in [0.25, 0.3) is 0 Å². The van der Waals surface area contributed by atoms with E-state index in [0.29, 0.717) is 0 Å². The van der Waals surface area contributed by atoms with E-state index in [1.165, 1.54) is 16.3 Å². The monoisotopic (exact) mass is 210 g/mol. The molecule has 1 heterocycles. The van der Waals surface area contributed by atoms with Crippen LogP contribution in [-0.2, 0) is 6.42 Å². The number of hydrogen-bond donors (Lipinski definition) is 1. The molecular weight excluding hydrogens is 196 g/mol. The highest BCUT2D eigenvalue weighted by atomic mass is 14.9. The van der Waals surface area contributed by atoms with Crippen LogP contribution in [0.5, 0.6) is 0 Å². The Bertz CT molecular complexity index is 665. The Morgan fingerprint density at radius 2 is 2.06 bits per heavy atom. The van der Waals surface area contributed by atoms with E-state index in [1.807, 2.05) is 0 Å². The average molecular weight is 210 g/mol. The van der Waals surface area contributed by atoms with Gasteiger partial charge < -0.3 is 4.98 Å². The highest BCUT2D eigenvalue weighted by Crippen LogP contribution is 2.24. The molecule has 0 aliphatic rings. The zero-order chi connectivity index (χ0) is 11.1. The van der Waals surface area contributed by atoms with E-state index in [0.717, 1.165) is 23.3 Å². The first-order chi connectivity index (χ1) is 7.78. The third kappa shape index (κ3) is 1.30. The summed E-state index contributed by atoms with van der Waals surface area (Å²) in [6.45, 7) is 4.23. The number of hydrogen-bond acceptors (Lipinski definition) is 1. The minimum atomic E-state index is 0.946. The molecule has 0 aliphatic carbocycles. The predicted octanol–water partition coefficient (Wildman–Crippen LogP) is 3.59. The van der Waals surface area contributed by atoms with Gasteiger partial charge in [0.2, 0.25) is 0 Å². The number of imidazole rings is 1. The Balaban J connectivity index is 2.43. The van der Waals surface area contributed by atoms with Gasteiger partial charge >= 0.3 is 0 Å². The lowest BCUT2D eigenvalue weighted by Crippen LogP contribution is -1.80. The fourth-order valence-corrected chi connectivity index (χ4v) is 2.15. The number of aromatic amines is 1. The lowest BCUT2D eigenvalue weighted by molar-refractivity contribution is 1.00. The molecule has 1 aromatic heterocycles. The summed E-state index contributed by atoms with van der Waals surface area (Å²) in [7, 11) is 0. The number of benzene rings is 2. The molecule has 2 heteroatoms. The largest absolute Gasteiger partial charge is 0.341 e. The molecule has 0 aliphatic heterocycles. The molecule has 0 unspecified atom stereocenters. The van der Waals surface area contributed by atoms with Crippen LogP contribution in [0.1, 0.15) is 18.3 Å². The highest BCUT2D eigenvalue weighted by Gasteiger charge is 2.05. The second-order valence-electron chi connectivity index (χ2n) is 4.22. The Morgan fingerprint density at radius 1 is 1.19 bits per heavy atom. The van der Waals surface area contributed by atoms with E-state index >= 15 is 0 Å². The fourth-order valence-electron chi connectivity index (χ4n) is 2.15. The van der Waals surface area contributed by atoms with Gasteiger partial charge in [0, 0.05) is 11.8 Å². The van der Waals surface area contributed by atoms with Crippen molar-refractivity contribution in [1.29, 1.82) is 0 Å². The lowest BCUT2D eigenvalue weighted by Gasteiger charge is -2.00. The van der Waals surface area contributed by atoms with Crippen molar-refractivity contribution in [2.45, 2.75) is 20.3 Å². The first-order valence-electron chi connectivity index (χ1n) is 5.66. The van der Waals surface area contributed by atoms with Gasteiger partial charge in [-0.25, -0.2) is 4.98 Å². The van der Waals surface area contributed by atoms with Crippen molar-refractivity contribution in [2.75, 3.05) is 0 Å². The quantitative estimate of drug-likeness (QED) is 0.653. The van der Waals surface area contributed by atoms with Gasteiger partial charge in [-0.2, -0.15) is 0 Å². The Hall–Kier alpha value is -1.83. The zero-order valence-corrected chi connectivity index (χ0v) is 9.54. The first kappa shape index (κ1) is 9.40. The molecule has 16 heavy (non-hydrogen) atoms. The maximum atomic E-state index is 4.55. The third-order valence-corrected chi connectivity index (χ3v) is 3.01. The minimum absolute atomic E-state index is 0.946. The molecule has 0 bridgehead atoms. The van der Waals surface area contributed by atoms with Crippen molar-refractivity contribution in [1.82, 2.24) is 9.97 Å². The maximum absolute atomic E-state index is 4.55. The van der Waals surface area contributed by atoms with Crippen LogP contribution < -0.4 is 0 Å². The summed E-state index contributed by atoms with van der Waals surface area (Å²) in [4.78, 5) is 7.94. The van der Waals surface area contributed by atoms with Gasteiger partial charge in [-0.15, -0.1) is 0 Å². The minimum Gasteiger partial charge on any atom is -0.341 e. The van der Waals surface area contributed by atoms with Crippen LogP contribution in [0.25, 0.3) is 21.8 Å². The lowest BCUT2D eigenvalue weighted by atomic mass is 10.1. The van der Waals surface area contributed by atoms with Crippen molar-refractivity contribution in [3.8, 4) is 0 Å². The summed E-state index contributed by atoms with van der Waals surface area (Å²) >= 11 is 0. The Labute approximate surface area is 94.3 Å². The first-order valence-corrected chi connectivity index (χ1v) is 5.66. The normalized spacial score (nSPS) is 11.4. The van der Waals surface area contributed by atoms with Gasteiger partial charge in [0.1, 0.15) is 5.82 Å². The van der Waals surface area contributed by atoms with E-state index in [-0.39, 0.29) is 0 Å². The molecule has 0 atom stereocenters. The second-order valence-corrected chi connectivity index (χ2v) is 4.22. The van der Waals surface area contributed by atoms with Gasteiger partial charge in [0.15, 0.2) is 0 Å². The molecule has 3 aromatic rings. The van der Waals surface area contributed by atoms with Crippen molar-refractivity contribution < 1.29 is 0 Å². The third-order valence-electron chi connectivity index (χ3n) is 3.01. The summed E-state index contributed by atoms with van der Waals surface area (Å²) in [6.07, 6.45) is 0.946. The summed E-state index contributed by atoms with van der Waals surface area (Å²) < 4.78 is 0. The molecule has 2 nitrogen and oxygen atoms in total. The van der Waals surface area contributed by atoms with Crippen molar-refractivity contribution in [3.05, 3.63) is 41.7 Å². The van der Waals surface area contributed by atoms with Crippen molar-refractivity contribution in [2.24, 2.45) is 0 Å². The van der Waals surface area contributed by atoms with E-state index in [1.54, 1.807) is 0 Å². The van der Waals surface area contributed by atoms with Gasteiger partial charge in [-0.3, -0.25) is 0 Å². The van der Waals surface area contributed by atoms with Crippen LogP contribution in [0.15, 0.2) is 30.3 Å². The Kier molecular flexibility index (Phi) is 1.96. The van der Waals surface area contributed by atoms with Crippen LogP contribution in [0.3, 0.4) is 0 Å². The van der Waals surface area contributed by atoms with E-state index in [4.69, 9.17) is 0 Å². The summed E-state index contributed by atoms with van der Waals surface area (Å²) in [5, 5.41) is 2.54. The standard InChI is InChI=1S/C14H14N2/c1-3-13-15-12-7-5-10-8-9(2)4-6-11(10)14(12)16-13/h4-8H,3H2,1-2H3,(H,15,16). The summed E-state index contributed by atoms with van der Waals surface area (Å²) in [5.74, 6) is 1.06. The van der Waals surface area contributed by atoms with E-state index < -0.39 is 0 Å². The van der Waals surface area contributed by atoms with Crippen molar-refractivity contribution >= 4 is 21.8 Å². The Morgan fingerprint density at radius 3 is 2.88 bits per heavy atom. The number of aryl methyl sites for hydroxylation is 2. The average Bonchev–Trinajstić information content (AvgIpc) is 2.71. The van der Waals surface area contributed by atoms with Gasteiger partial charge in [-0.05, 0) is 18.4 Å². The predicted molar refractivity (Wildman–Crippen MR) is 67.7 cm³/mol. The van der Waals surface area contributed by atoms with Crippen LogP contribution in [0.2, 0.25) is 0 Å². The summed E-state index contributed by atoms with van der Waals surface area (Å²) in [5.41, 5.74) is 3.52. The van der Waals surface area contributed by atoms with Gasteiger partial charge in [-0.1, -0.05) is 36.8 Å². The maximum Gasteiger partial charge on any atom is 0.106 e. The van der Waals surface area contributed by atoms with Crippen LogP contribution in [0, 0.1) is 6.92 Å². The molecule has 0 spiro atoms. The van der Waals surface area contributed by atoms with Crippen LogP contribution >= 0.6 is 0 Å². The SMILES string of the molecule is CCc1nc2ccc3cc(C)ccc3c2[nH]1. The highest BCUT2D eigenvalue weighted by molar-refractivity contribution is 6.04. The molecule has 2 aromatic carbocycles. The number of aromatic nitrogens is 2. The molecular formula is C14H14N2. The topological polar surface area (TPSA) is 28.7 Å². The van der Waals surface area contributed by atoms with Gasteiger partial charge in [0.05, 0.1) is 11.0 Å². The number of H-pyrrole nitrogens is 1. The summed E-state index contributed by atoms with van der Waals surface area (Å²) in [6, 6.07) is 10.8. The van der Waals surface area contributed by atoms with E-state index in [9.17, 15) is 0 Å². The zero-order valence-electron chi connectivity index (χ0n) is 9.54.